The van der Waals surface area contributed by atoms with Crippen molar-refractivity contribution >= 4 is 5.97 Å². The summed E-state index contributed by atoms with van der Waals surface area (Å²) in [6.07, 6.45) is 2.26. The first-order valence-corrected chi connectivity index (χ1v) is 5.96. The molecule has 0 aliphatic carbocycles. The first-order valence-electron chi connectivity index (χ1n) is 5.96. The highest BCUT2D eigenvalue weighted by atomic mass is 16.7. The van der Waals surface area contributed by atoms with Gasteiger partial charge in [0.25, 0.3) is 0 Å². The Morgan fingerprint density at radius 3 is 2.94 bits per heavy atom. The van der Waals surface area contributed by atoms with Crippen LogP contribution < -0.4 is 0 Å². The second-order valence-corrected chi connectivity index (χ2v) is 4.36. The molecule has 0 spiro atoms. The van der Waals surface area contributed by atoms with Crippen molar-refractivity contribution in [3.63, 3.8) is 0 Å². The molecule has 0 bridgehead atoms. The van der Waals surface area contributed by atoms with Crippen molar-refractivity contribution in [2.45, 2.75) is 44.6 Å². The highest BCUT2D eigenvalue weighted by Crippen LogP contribution is 2.25. The Bertz CT molecular complexity index is 258. The van der Waals surface area contributed by atoms with E-state index in [4.69, 9.17) is 14.6 Å². The minimum absolute atomic E-state index is 0.175. The Morgan fingerprint density at radius 1 is 1.50 bits per heavy atom. The molecule has 0 amide bonds. The van der Waals surface area contributed by atoms with E-state index in [9.17, 15) is 4.79 Å². The number of likely N-dealkylation sites (N-methyl/N-ethyl adjacent to an activating group) is 1. The first kappa shape index (κ1) is 11.8. The lowest BCUT2D eigenvalue weighted by atomic mass is 10.0. The molecule has 1 N–H and O–H groups in total. The average molecular weight is 229 g/mol. The highest BCUT2D eigenvalue weighted by Gasteiger charge is 2.39. The van der Waals surface area contributed by atoms with Crippen LogP contribution in [0.5, 0.6) is 0 Å². The lowest BCUT2D eigenvalue weighted by Gasteiger charge is -2.37. The third kappa shape index (κ3) is 2.36. The fourth-order valence-corrected chi connectivity index (χ4v) is 2.47. The van der Waals surface area contributed by atoms with Gasteiger partial charge in [0.15, 0.2) is 12.4 Å². The number of hydrogen-bond acceptors (Lipinski definition) is 4. The number of hydrogen-bond donors (Lipinski definition) is 1. The van der Waals surface area contributed by atoms with E-state index in [2.05, 4.69) is 11.8 Å². The lowest BCUT2D eigenvalue weighted by Crippen LogP contribution is -2.47. The fraction of sp³-hybridized carbons (Fsp3) is 0.909. The summed E-state index contributed by atoms with van der Waals surface area (Å²) in [4.78, 5) is 13.1. The second kappa shape index (κ2) is 5.12. The maximum absolute atomic E-state index is 10.8. The van der Waals surface area contributed by atoms with E-state index < -0.39 is 12.1 Å². The van der Waals surface area contributed by atoms with E-state index >= 15 is 0 Å². The molecule has 2 rings (SSSR count). The number of carboxylic acids is 1. The van der Waals surface area contributed by atoms with Gasteiger partial charge in [-0.2, -0.15) is 0 Å². The largest absolute Gasteiger partial charge is 0.479 e. The summed E-state index contributed by atoms with van der Waals surface area (Å²) in [7, 11) is 0. The van der Waals surface area contributed by atoms with Crippen molar-refractivity contribution < 1.29 is 19.4 Å². The van der Waals surface area contributed by atoms with Crippen LogP contribution in [0, 0.1) is 0 Å². The third-order valence-electron chi connectivity index (χ3n) is 3.37. The Balaban J connectivity index is 1.94. The molecule has 2 aliphatic heterocycles. The number of carboxylic acid groups (broad SMARTS) is 1. The monoisotopic (exact) mass is 229 g/mol. The number of carbonyl (C=O) groups is 1. The van der Waals surface area contributed by atoms with Crippen LogP contribution >= 0.6 is 0 Å². The SMILES string of the molecule is CCN1CCCCC1C1OCC(C(=O)O)O1. The summed E-state index contributed by atoms with van der Waals surface area (Å²) >= 11 is 0. The molecular weight excluding hydrogens is 210 g/mol. The maximum atomic E-state index is 10.8. The molecule has 0 aromatic carbocycles. The number of nitrogens with zero attached hydrogens (tertiary/aromatic N) is 1. The Labute approximate surface area is 95.3 Å². The molecule has 5 nitrogen and oxygen atoms in total. The van der Waals surface area contributed by atoms with Crippen LogP contribution in [0.1, 0.15) is 26.2 Å². The zero-order chi connectivity index (χ0) is 11.5. The number of aliphatic carboxylic acids is 1. The molecule has 3 atom stereocenters. The van der Waals surface area contributed by atoms with Crippen LogP contribution in [-0.2, 0) is 14.3 Å². The van der Waals surface area contributed by atoms with Crippen LogP contribution in [0.15, 0.2) is 0 Å². The van der Waals surface area contributed by atoms with E-state index in [0.29, 0.717) is 0 Å². The Kier molecular flexibility index (Phi) is 3.78. The predicted molar refractivity (Wildman–Crippen MR) is 57.1 cm³/mol. The summed E-state index contributed by atoms with van der Waals surface area (Å²) in [6.45, 7) is 4.31. The molecule has 0 aromatic rings. The second-order valence-electron chi connectivity index (χ2n) is 4.36. The highest BCUT2D eigenvalue weighted by molar-refractivity contribution is 5.72. The quantitative estimate of drug-likeness (QED) is 0.771. The zero-order valence-corrected chi connectivity index (χ0v) is 9.59. The van der Waals surface area contributed by atoms with Crippen LogP contribution in [0.25, 0.3) is 0 Å². The molecule has 2 heterocycles. The molecule has 3 unspecified atom stereocenters. The van der Waals surface area contributed by atoms with Crippen molar-refractivity contribution in [1.82, 2.24) is 4.90 Å². The summed E-state index contributed by atoms with van der Waals surface area (Å²) in [6, 6.07) is 0.225. The minimum atomic E-state index is -0.929. The van der Waals surface area contributed by atoms with Gasteiger partial charge in [0.05, 0.1) is 12.6 Å². The summed E-state index contributed by atoms with van der Waals surface area (Å²) in [5.74, 6) is -0.929. The predicted octanol–water partition coefficient (Wildman–Crippen LogP) is 0.687. The normalized spacial score (nSPS) is 36.4. The van der Waals surface area contributed by atoms with Gasteiger partial charge in [-0.3, -0.25) is 4.90 Å². The molecule has 2 fully saturated rings. The van der Waals surface area contributed by atoms with Crippen molar-refractivity contribution in [3.05, 3.63) is 0 Å². The smallest absolute Gasteiger partial charge is 0.335 e. The van der Waals surface area contributed by atoms with Gasteiger partial charge < -0.3 is 14.6 Å². The molecule has 5 heteroatoms. The first-order chi connectivity index (χ1) is 7.72. The molecule has 2 saturated heterocycles. The summed E-state index contributed by atoms with van der Waals surface area (Å²) in [5.41, 5.74) is 0. The van der Waals surface area contributed by atoms with Crippen LogP contribution in [0.2, 0.25) is 0 Å². The standard InChI is InChI=1S/C11H19NO4/c1-2-12-6-4-3-5-8(12)11-15-7-9(16-11)10(13)14/h8-9,11H,2-7H2,1H3,(H,13,14). The fourth-order valence-electron chi connectivity index (χ4n) is 2.47. The Hall–Kier alpha value is -0.650. The topological polar surface area (TPSA) is 59.0 Å². The molecule has 0 aromatic heterocycles. The van der Waals surface area contributed by atoms with Crippen LogP contribution in [0.4, 0.5) is 0 Å². The molecule has 92 valence electrons. The van der Waals surface area contributed by atoms with Crippen molar-refractivity contribution in [2.75, 3.05) is 19.7 Å². The molecular formula is C11H19NO4. The van der Waals surface area contributed by atoms with Gasteiger partial charge in [0, 0.05) is 0 Å². The minimum Gasteiger partial charge on any atom is -0.479 e. The number of piperidine rings is 1. The maximum Gasteiger partial charge on any atom is 0.335 e. The van der Waals surface area contributed by atoms with E-state index in [1.165, 1.54) is 12.8 Å². The molecule has 0 saturated carbocycles. The average Bonchev–Trinajstić information content (AvgIpc) is 2.78. The summed E-state index contributed by atoms with van der Waals surface area (Å²) < 4.78 is 10.9. The van der Waals surface area contributed by atoms with Gasteiger partial charge in [-0.05, 0) is 25.9 Å². The molecule has 0 radical (unpaired) electrons. The van der Waals surface area contributed by atoms with Crippen molar-refractivity contribution in [3.8, 4) is 0 Å². The van der Waals surface area contributed by atoms with Crippen molar-refractivity contribution in [2.24, 2.45) is 0 Å². The van der Waals surface area contributed by atoms with E-state index in [1.807, 2.05) is 0 Å². The van der Waals surface area contributed by atoms with E-state index in [0.717, 1.165) is 19.5 Å². The van der Waals surface area contributed by atoms with Gasteiger partial charge >= 0.3 is 5.97 Å². The molecule has 2 aliphatic rings. The van der Waals surface area contributed by atoms with Gasteiger partial charge in [0.2, 0.25) is 0 Å². The van der Waals surface area contributed by atoms with Gasteiger partial charge in [0.1, 0.15) is 0 Å². The third-order valence-corrected chi connectivity index (χ3v) is 3.37. The van der Waals surface area contributed by atoms with Gasteiger partial charge in [-0.15, -0.1) is 0 Å². The van der Waals surface area contributed by atoms with Gasteiger partial charge in [-0.1, -0.05) is 13.3 Å². The van der Waals surface area contributed by atoms with E-state index in [-0.39, 0.29) is 18.9 Å². The lowest BCUT2D eigenvalue weighted by molar-refractivity contribution is -0.156. The number of ether oxygens (including phenoxy) is 2. The number of rotatable bonds is 3. The van der Waals surface area contributed by atoms with Gasteiger partial charge in [-0.25, -0.2) is 4.79 Å². The Morgan fingerprint density at radius 2 is 2.31 bits per heavy atom. The zero-order valence-electron chi connectivity index (χ0n) is 9.59. The van der Waals surface area contributed by atoms with Crippen molar-refractivity contribution in [1.29, 1.82) is 0 Å². The number of likely N-dealkylation sites (tertiary alicyclic amines) is 1. The van der Waals surface area contributed by atoms with Crippen LogP contribution in [-0.4, -0.2) is 54.1 Å². The van der Waals surface area contributed by atoms with E-state index in [1.54, 1.807) is 0 Å². The molecule has 16 heavy (non-hydrogen) atoms. The summed E-state index contributed by atoms with van der Waals surface area (Å²) in [5, 5.41) is 8.83. The van der Waals surface area contributed by atoms with Crippen LogP contribution in [0.3, 0.4) is 0 Å².